The number of thiazole rings is 1. The predicted octanol–water partition coefficient (Wildman–Crippen LogP) is 1.60. The molecule has 2 rings (SSSR count). The Morgan fingerprint density at radius 3 is 2.95 bits per heavy atom. The van der Waals surface area contributed by atoms with Crippen molar-refractivity contribution in [3.63, 3.8) is 0 Å². The van der Waals surface area contributed by atoms with E-state index in [4.69, 9.17) is 4.98 Å². The zero-order valence-electron chi connectivity index (χ0n) is 12.2. The number of aromatic nitrogens is 1. The summed E-state index contributed by atoms with van der Waals surface area (Å²) in [6, 6.07) is 0.411. The number of hydrogen-bond donors (Lipinski definition) is 1. The van der Waals surface area contributed by atoms with Gasteiger partial charge in [0.1, 0.15) is 5.01 Å². The molecule has 20 heavy (non-hydrogen) atoms. The van der Waals surface area contributed by atoms with Gasteiger partial charge >= 0.3 is 5.97 Å². The van der Waals surface area contributed by atoms with Crippen molar-refractivity contribution in [3.8, 4) is 0 Å². The second kappa shape index (κ2) is 7.71. The van der Waals surface area contributed by atoms with E-state index in [1.54, 1.807) is 11.3 Å². The van der Waals surface area contributed by atoms with Crippen LogP contribution in [0.3, 0.4) is 0 Å². The number of esters is 1. The molecule has 1 aromatic rings. The molecule has 1 aliphatic heterocycles. The second-order valence-electron chi connectivity index (χ2n) is 4.96. The maximum atomic E-state index is 11.2. The number of aryl methyl sites for hydroxylation is 1. The number of ether oxygens (including phenoxy) is 1. The Morgan fingerprint density at radius 1 is 1.55 bits per heavy atom. The van der Waals surface area contributed by atoms with Crippen LogP contribution in [-0.4, -0.2) is 49.1 Å². The highest BCUT2D eigenvalue weighted by molar-refractivity contribution is 7.09. The molecule has 0 aromatic carbocycles. The molecule has 0 amide bonds. The van der Waals surface area contributed by atoms with Crippen LogP contribution < -0.4 is 5.32 Å². The molecule has 5 nitrogen and oxygen atoms in total. The Hall–Kier alpha value is -0.980. The first-order chi connectivity index (χ1) is 9.74. The summed E-state index contributed by atoms with van der Waals surface area (Å²) >= 11 is 1.71. The molecule has 0 radical (unpaired) electrons. The van der Waals surface area contributed by atoms with Crippen LogP contribution in [0.2, 0.25) is 0 Å². The lowest BCUT2D eigenvalue weighted by Crippen LogP contribution is -2.45. The Balaban J connectivity index is 1.96. The molecular weight excluding hydrogens is 274 g/mol. The van der Waals surface area contributed by atoms with Gasteiger partial charge in [-0.1, -0.05) is 6.92 Å². The van der Waals surface area contributed by atoms with Crippen LogP contribution in [0.15, 0.2) is 5.38 Å². The van der Waals surface area contributed by atoms with Gasteiger partial charge in [0, 0.05) is 38.0 Å². The van der Waals surface area contributed by atoms with E-state index in [1.165, 1.54) is 12.1 Å². The van der Waals surface area contributed by atoms with Crippen molar-refractivity contribution >= 4 is 17.3 Å². The first kappa shape index (κ1) is 15.4. The van der Waals surface area contributed by atoms with Crippen molar-refractivity contribution in [1.29, 1.82) is 0 Å². The zero-order chi connectivity index (χ0) is 14.4. The molecule has 1 N–H and O–H groups in total. The van der Waals surface area contributed by atoms with Crippen molar-refractivity contribution in [2.45, 2.75) is 32.2 Å². The Labute approximate surface area is 124 Å². The van der Waals surface area contributed by atoms with Crippen LogP contribution in [0.4, 0.5) is 0 Å². The topological polar surface area (TPSA) is 54.5 Å². The smallest absolute Gasteiger partial charge is 0.305 e. The van der Waals surface area contributed by atoms with E-state index < -0.39 is 0 Å². The van der Waals surface area contributed by atoms with Gasteiger partial charge < -0.3 is 10.1 Å². The van der Waals surface area contributed by atoms with Crippen molar-refractivity contribution in [3.05, 3.63) is 16.1 Å². The molecule has 1 saturated heterocycles. The highest BCUT2D eigenvalue weighted by Crippen LogP contribution is 2.27. The van der Waals surface area contributed by atoms with E-state index in [1.807, 2.05) is 0 Å². The van der Waals surface area contributed by atoms with Gasteiger partial charge in [0.05, 0.1) is 25.3 Å². The average Bonchev–Trinajstić information content (AvgIpc) is 2.95. The number of methoxy groups -OCH3 is 1. The van der Waals surface area contributed by atoms with Gasteiger partial charge in [-0.05, 0) is 6.42 Å². The van der Waals surface area contributed by atoms with Gasteiger partial charge in [0.25, 0.3) is 0 Å². The van der Waals surface area contributed by atoms with Crippen LogP contribution in [-0.2, 0) is 16.0 Å². The largest absolute Gasteiger partial charge is 0.469 e. The fraction of sp³-hybridized carbons (Fsp3) is 0.714. The van der Waals surface area contributed by atoms with E-state index in [-0.39, 0.29) is 5.97 Å². The SMILES string of the molecule is CCC(c1nc(CCC(=O)OC)cs1)N1CCNCC1. The van der Waals surface area contributed by atoms with Crippen LogP contribution in [0.5, 0.6) is 0 Å². The third-order valence-electron chi connectivity index (χ3n) is 3.65. The molecule has 6 heteroatoms. The quantitative estimate of drug-likeness (QED) is 0.808. The Kier molecular flexibility index (Phi) is 5.94. The van der Waals surface area contributed by atoms with E-state index >= 15 is 0 Å². The maximum absolute atomic E-state index is 11.2. The summed E-state index contributed by atoms with van der Waals surface area (Å²) in [7, 11) is 1.42. The standard InChI is InChI=1S/C14H23N3O2S/c1-3-12(17-8-6-15-7-9-17)14-16-11(10-20-14)4-5-13(18)19-2/h10,12,15H,3-9H2,1-2H3. The summed E-state index contributed by atoms with van der Waals surface area (Å²) < 4.78 is 4.66. The van der Waals surface area contributed by atoms with E-state index in [2.05, 4.69) is 27.3 Å². The third kappa shape index (κ3) is 4.01. The number of piperazine rings is 1. The monoisotopic (exact) mass is 297 g/mol. The molecule has 1 atom stereocenters. The highest BCUT2D eigenvalue weighted by atomic mass is 32.1. The number of hydrogen-bond acceptors (Lipinski definition) is 6. The zero-order valence-corrected chi connectivity index (χ0v) is 13.0. The Morgan fingerprint density at radius 2 is 2.30 bits per heavy atom. The molecular formula is C14H23N3O2S. The summed E-state index contributed by atoms with van der Waals surface area (Å²) in [6.07, 6.45) is 2.15. The minimum atomic E-state index is -0.173. The van der Waals surface area contributed by atoms with E-state index in [0.717, 1.165) is 38.3 Å². The molecule has 0 aliphatic carbocycles. The lowest BCUT2D eigenvalue weighted by atomic mass is 10.1. The van der Waals surface area contributed by atoms with E-state index in [0.29, 0.717) is 18.9 Å². The number of carbonyl (C=O) groups is 1. The number of carbonyl (C=O) groups excluding carboxylic acids is 1. The average molecular weight is 297 g/mol. The molecule has 0 bridgehead atoms. The fourth-order valence-electron chi connectivity index (χ4n) is 2.51. The lowest BCUT2D eigenvalue weighted by Gasteiger charge is -2.33. The predicted molar refractivity (Wildman–Crippen MR) is 79.9 cm³/mol. The molecule has 1 aromatic heterocycles. The van der Waals surface area contributed by atoms with E-state index in [9.17, 15) is 4.79 Å². The van der Waals surface area contributed by atoms with Gasteiger partial charge in [0.15, 0.2) is 0 Å². The van der Waals surface area contributed by atoms with Crippen LogP contribution in [0, 0.1) is 0 Å². The molecule has 1 unspecified atom stereocenters. The summed E-state index contributed by atoms with van der Waals surface area (Å²) in [5.41, 5.74) is 1.00. The normalized spacial score (nSPS) is 17.9. The summed E-state index contributed by atoms with van der Waals surface area (Å²) in [5.74, 6) is -0.173. The molecule has 1 aliphatic rings. The second-order valence-corrected chi connectivity index (χ2v) is 5.85. The molecule has 0 spiro atoms. The number of rotatable bonds is 6. The first-order valence-corrected chi connectivity index (χ1v) is 8.08. The van der Waals surface area contributed by atoms with Gasteiger partial charge in [-0.3, -0.25) is 9.69 Å². The minimum Gasteiger partial charge on any atom is -0.469 e. The maximum Gasteiger partial charge on any atom is 0.305 e. The van der Waals surface area contributed by atoms with Crippen molar-refractivity contribution < 1.29 is 9.53 Å². The molecule has 0 saturated carbocycles. The van der Waals surface area contributed by atoms with Crippen LogP contribution in [0.1, 0.15) is 36.5 Å². The van der Waals surface area contributed by atoms with Gasteiger partial charge in [0.2, 0.25) is 0 Å². The van der Waals surface area contributed by atoms with Gasteiger partial charge in [-0.25, -0.2) is 4.98 Å². The number of nitrogens with one attached hydrogen (secondary N) is 1. The molecule has 2 heterocycles. The summed E-state index contributed by atoms with van der Waals surface area (Å²) in [6.45, 7) is 6.47. The third-order valence-corrected chi connectivity index (χ3v) is 4.64. The van der Waals surface area contributed by atoms with Crippen molar-refractivity contribution in [2.24, 2.45) is 0 Å². The van der Waals surface area contributed by atoms with Crippen molar-refractivity contribution in [1.82, 2.24) is 15.2 Å². The van der Waals surface area contributed by atoms with Crippen LogP contribution in [0.25, 0.3) is 0 Å². The first-order valence-electron chi connectivity index (χ1n) is 7.20. The molecule has 112 valence electrons. The summed E-state index contributed by atoms with van der Waals surface area (Å²) in [5, 5.41) is 6.63. The fourth-order valence-corrected chi connectivity index (χ4v) is 3.58. The number of nitrogens with zero attached hydrogens (tertiary/aromatic N) is 2. The Bertz CT molecular complexity index is 430. The van der Waals surface area contributed by atoms with Gasteiger partial charge in [-0.2, -0.15) is 0 Å². The molecule has 1 fully saturated rings. The summed E-state index contributed by atoms with van der Waals surface area (Å²) in [4.78, 5) is 18.4. The van der Waals surface area contributed by atoms with Crippen LogP contribution >= 0.6 is 11.3 Å². The van der Waals surface area contributed by atoms with Gasteiger partial charge in [-0.15, -0.1) is 11.3 Å². The highest BCUT2D eigenvalue weighted by Gasteiger charge is 2.23. The minimum absolute atomic E-state index is 0.173. The van der Waals surface area contributed by atoms with Crippen molar-refractivity contribution in [2.75, 3.05) is 33.3 Å². The lowest BCUT2D eigenvalue weighted by molar-refractivity contribution is -0.140.